The smallest absolute Gasteiger partial charge is 0.123 e. The Hall–Kier alpha value is -1.67. The van der Waals surface area contributed by atoms with Crippen LogP contribution in [-0.2, 0) is 6.54 Å². The monoisotopic (exact) mass is 275 g/mol. The molecule has 0 aliphatic rings. The molecule has 3 heteroatoms. The summed E-state index contributed by atoms with van der Waals surface area (Å²) in [5.74, 6) is 0.848. The fraction of sp³-hybridized carbons (Fsp3) is 0.250. The number of aryl methyl sites for hydroxylation is 2. The van der Waals surface area contributed by atoms with E-state index >= 15 is 0 Å². The number of hydrogen-bond acceptors (Lipinski definition) is 2. The van der Waals surface area contributed by atoms with E-state index in [-0.39, 0.29) is 0 Å². The molecule has 100 valence electrons. The van der Waals surface area contributed by atoms with E-state index in [0.717, 1.165) is 22.0 Å². The van der Waals surface area contributed by atoms with Crippen molar-refractivity contribution in [2.75, 3.05) is 12.4 Å². The summed E-state index contributed by atoms with van der Waals surface area (Å²) in [6.45, 7) is 4.91. The topological polar surface area (TPSA) is 21.3 Å². The standard InChI is InChI=1S/C16H18ClNO/c1-11-4-6-15(8-12(11)2)18-10-13-9-14(17)5-7-16(13)19-3/h4-9,18H,10H2,1-3H3. The number of methoxy groups -OCH3 is 1. The van der Waals surface area contributed by atoms with Gasteiger partial charge in [0.2, 0.25) is 0 Å². The summed E-state index contributed by atoms with van der Waals surface area (Å²) in [5.41, 5.74) is 4.73. The zero-order valence-electron chi connectivity index (χ0n) is 11.5. The van der Waals surface area contributed by atoms with Crippen molar-refractivity contribution in [1.82, 2.24) is 0 Å². The highest BCUT2D eigenvalue weighted by Gasteiger charge is 2.04. The highest BCUT2D eigenvalue weighted by molar-refractivity contribution is 6.30. The minimum absolute atomic E-state index is 0.687. The first-order valence-corrected chi connectivity index (χ1v) is 6.61. The highest BCUT2D eigenvalue weighted by Crippen LogP contribution is 2.24. The van der Waals surface area contributed by atoms with Gasteiger partial charge in [0, 0.05) is 22.8 Å². The largest absolute Gasteiger partial charge is 0.496 e. The Morgan fingerprint density at radius 1 is 1.05 bits per heavy atom. The quantitative estimate of drug-likeness (QED) is 0.882. The Balaban J connectivity index is 2.13. The molecule has 0 atom stereocenters. The molecule has 0 unspecified atom stereocenters. The van der Waals surface area contributed by atoms with Crippen LogP contribution in [0.15, 0.2) is 36.4 Å². The van der Waals surface area contributed by atoms with Crippen LogP contribution in [0.1, 0.15) is 16.7 Å². The van der Waals surface area contributed by atoms with Crippen LogP contribution in [-0.4, -0.2) is 7.11 Å². The number of nitrogens with one attached hydrogen (secondary N) is 1. The molecule has 0 spiro atoms. The first kappa shape index (κ1) is 13.8. The van der Waals surface area contributed by atoms with E-state index in [2.05, 4.69) is 37.4 Å². The molecular weight excluding hydrogens is 258 g/mol. The maximum Gasteiger partial charge on any atom is 0.123 e. The van der Waals surface area contributed by atoms with Crippen LogP contribution < -0.4 is 10.1 Å². The van der Waals surface area contributed by atoms with Gasteiger partial charge < -0.3 is 10.1 Å². The van der Waals surface area contributed by atoms with Crippen LogP contribution in [0.2, 0.25) is 5.02 Å². The predicted octanol–water partition coefficient (Wildman–Crippen LogP) is 4.58. The molecule has 19 heavy (non-hydrogen) atoms. The molecule has 0 aliphatic carbocycles. The second-order valence-corrected chi connectivity index (χ2v) is 5.05. The molecule has 0 bridgehead atoms. The van der Waals surface area contributed by atoms with E-state index in [9.17, 15) is 0 Å². The van der Waals surface area contributed by atoms with Crippen LogP contribution in [0, 0.1) is 13.8 Å². The molecule has 2 rings (SSSR count). The summed E-state index contributed by atoms with van der Waals surface area (Å²) < 4.78 is 5.33. The van der Waals surface area contributed by atoms with Crippen molar-refractivity contribution in [2.24, 2.45) is 0 Å². The number of halogens is 1. The molecular formula is C16H18ClNO. The van der Waals surface area contributed by atoms with Crippen molar-refractivity contribution in [3.63, 3.8) is 0 Å². The van der Waals surface area contributed by atoms with E-state index in [1.165, 1.54) is 11.1 Å². The number of benzene rings is 2. The van der Waals surface area contributed by atoms with Gasteiger partial charge >= 0.3 is 0 Å². The van der Waals surface area contributed by atoms with E-state index in [0.29, 0.717) is 6.54 Å². The lowest BCUT2D eigenvalue weighted by molar-refractivity contribution is 0.410. The van der Waals surface area contributed by atoms with Crippen LogP contribution in [0.4, 0.5) is 5.69 Å². The van der Waals surface area contributed by atoms with Crippen LogP contribution in [0.5, 0.6) is 5.75 Å². The Bertz CT molecular complexity index is 581. The third-order valence-electron chi connectivity index (χ3n) is 3.23. The fourth-order valence-electron chi connectivity index (χ4n) is 1.93. The molecule has 2 nitrogen and oxygen atoms in total. The molecule has 0 fully saturated rings. The van der Waals surface area contributed by atoms with Crippen molar-refractivity contribution >= 4 is 17.3 Å². The highest BCUT2D eigenvalue weighted by atomic mass is 35.5. The van der Waals surface area contributed by atoms with Crippen molar-refractivity contribution in [1.29, 1.82) is 0 Å². The van der Waals surface area contributed by atoms with E-state index in [1.54, 1.807) is 7.11 Å². The zero-order valence-corrected chi connectivity index (χ0v) is 12.2. The number of hydrogen-bond donors (Lipinski definition) is 1. The van der Waals surface area contributed by atoms with Gasteiger partial charge in [-0.2, -0.15) is 0 Å². The SMILES string of the molecule is COc1ccc(Cl)cc1CNc1ccc(C)c(C)c1. The van der Waals surface area contributed by atoms with Gasteiger partial charge in [-0.3, -0.25) is 0 Å². The molecule has 0 aliphatic heterocycles. The molecule has 0 saturated heterocycles. The first-order chi connectivity index (χ1) is 9.10. The third-order valence-corrected chi connectivity index (χ3v) is 3.47. The average Bonchev–Trinajstić information content (AvgIpc) is 2.40. The molecule has 2 aromatic carbocycles. The molecule has 0 amide bonds. The van der Waals surface area contributed by atoms with Crippen LogP contribution >= 0.6 is 11.6 Å². The average molecular weight is 276 g/mol. The summed E-state index contributed by atoms with van der Waals surface area (Å²) in [6.07, 6.45) is 0. The Kier molecular flexibility index (Phi) is 4.33. The van der Waals surface area contributed by atoms with Crippen molar-refractivity contribution in [2.45, 2.75) is 20.4 Å². The Morgan fingerprint density at radius 3 is 2.53 bits per heavy atom. The fourth-order valence-corrected chi connectivity index (χ4v) is 2.13. The minimum atomic E-state index is 0.687. The maximum absolute atomic E-state index is 6.02. The summed E-state index contributed by atoms with van der Waals surface area (Å²) in [4.78, 5) is 0. The number of anilines is 1. The van der Waals surface area contributed by atoms with E-state index < -0.39 is 0 Å². The van der Waals surface area contributed by atoms with Crippen LogP contribution in [0.3, 0.4) is 0 Å². The predicted molar refractivity (Wildman–Crippen MR) is 81.2 cm³/mol. The van der Waals surface area contributed by atoms with Crippen molar-refractivity contribution in [3.05, 3.63) is 58.1 Å². The zero-order chi connectivity index (χ0) is 13.8. The third kappa shape index (κ3) is 3.42. The minimum Gasteiger partial charge on any atom is -0.496 e. The van der Waals surface area contributed by atoms with Crippen molar-refractivity contribution in [3.8, 4) is 5.75 Å². The summed E-state index contributed by atoms with van der Waals surface area (Å²) >= 11 is 6.02. The van der Waals surface area contributed by atoms with Gasteiger partial charge in [0.05, 0.1) is 7.11 Å². The van der Waals surface area contributed by atoms with Gasteiger partial charge in [-0.1, -0.05) is 17.7 Å². The lowest BCUT2D eigenvalue weighted by Gasteiger charge is -2.12. The van der Waals surface area contributed by atoms with E-state index in [4.69, 9.17) is 16.3 Å². The maximum atomic E-state index is 6.02. The second kappa shape index (κ2) is 5.98. The summed E-state index contributed by atoms with van der Waals surface area (Å²) in [5, 5.41) is 4.11. The van der Waals surface area contributed by atoms with Gasteiger partial charge in [0.15, 0.2) is 0 Å². The Morgan fingerprint density at radius 2 is 1.84 bits per heavy atom. The molecule has 0 aromatic heterocycles. The lowest BCUT2D eigenvalue weighted by atomic mass is 10.1. The first-order valence-electron chi connectivity index (χ1n) is 6.23. The molecule has 0 saturated carbocycles. The normalized spacial score (nSPS) is 10.3. The van der Waals surface area contributed by atoms with Gasteiger partial charge in [-0.15, -0.1) is 0 Å². The molecule has 0 radical (unpaired) electrons. The number of rotatable bonds is 4. The van der Waals surface area contributed by atoms with Gasteiger partial charge in [-0.25, -0.2) is 0 Å². The van der Waals surface area contributed by atoms with Gasteiger partial charge in [0.1, 0.15) is 5.75 Å². The molecule has 0 heterocycles. The van der Waals surface area contributed by atoms with Gasteiger partial charge in [-0.05, 0) is 55.3 Å². The Labute approximate surface area is 119 Å². The van der Waals surface area contributed by atoms with Gasteiger partial charge in [0.25, 0.3) is 0 Å². The summed E-state index contributed by atoms with van der Waals surface area (Å²) in [7, 11) is 1.67. The van der Waals surface area contributed by atoms with Crippen LogP contribution in [0.25, 0.3) is 0 Å². The lowest BCUT2D eigenvalue weighted by Crippen LogP contribution is -2.02. The second-order valence-electron chi connectivity index (χ2n) is 4.61. The van der Waals surface area contributed by atoms with E-state index in [1.807, 2.05) is 18.2 Å². The number of ether oxygens (including phenoxy) is 1. The van der Waals surface area contributed by atoms with Crippen molar-refractivity contribution < 1.29 is 4.74 Å². The summed E-state index contributed by atoms with van der Waals surface area (Å²) in [6, 6.07) is 12.0. The molecule has 1 N–H and O–H groups in total. The molecule has 2 aromatic rings.